The zero-order valence-electron chi connectivity index (χ0n) is 10.7. The standard InChI is InChI=1S/C16H20N2/c1-2-10-18-12-15(13-8-9-13)17-11-16(18)14-6-4-3-5-7-14/h1,3-7,13,15-17H,8-12H2. The Labute approximate surface area is 109 Å². The van der Waals surface area contributed by atoms with Crippen molar-refractivity contribution in [1.82, 2.24) is 10.2 Å². The molecule has 0 radical (unpaired) electrons. The summed E-state index contributed by atoms with van der Waals surface area (Å²) in [6.45, 7) is 2.87. The van der Waals surface area contributed by atoms with E-state index in [0.29, 0.717) is 12.1 Å². The van der Waals surface area contributed by atoms with E-state index in [0.717, 1.165) is 25.6 Å². The quantitative estimate of drug-likeness (QED) is 0.813. The summed E-state index contributed by atoms with van der Waals surface area (Å²) in [6, 6.07) is 11.8. The molecular weight excluding hydrogens is 220 g/mol. The second-order valence-electron chi connectivity index (χ2n) is 5.41. The highest BCUT2D eigenvalue weighted by atomic mass is 15.2. The molecular formula is C16H20N2. The van der Waals surface area contributed by atoms with Crippen LogP contribution in [0.2, 0.25) is 0 Å². The Morgan fingerprint density at radius 1 is 1.28 bits per heavy atom. The molecule has 2 aliphatic rings. The van der Waals surface area contributed by atoms with E-state index in [9.17, 15) is 0 Å². The van der Waals surface area contributed by atoms with Crippen molar-refractivity contribution in [1.29, 1.82) is 0 Å². The Kier molecular flexibility index (Phi) is 3.36. The highest BCUT2D eigenvalue weighted by molar-refractivity contribution is 5.21. The number of nitrogens with one attached hydrogen (secondary N) is 1. The molecule has 2 heteroatoms. The minimum Gasteiger partial charge on any atom is -0.311 e. The Balaban J connectivity index is 1.75. The van der Waals surface area contributed by atoms with E-state index < -0.39 is 0 Å². The summed E-state index contributed by atoms with van der Waals surface area (Å²) in [5, 5.41) is 3.71. The molecule has 2 atom stereocenters. The predicted molar refractivity (Wildman–Crippen MR) is 74.1 cm³/mol. The van der Waals surface area contributed by atoms with Gasteiger partial charge < -0.3 is 5.32 Å². The van der Waals surface area contributed by atoms with Gasteiger partial charge in [-0.1, -0.05) is 36.3 Å². The number of hydrogen-bond donors (Lipinski definition) is 1. The second-order valence-corrected chi connectivity index (χ2v) is 5.41. The maximum Gasteiger partial charge on any atom is 0.0605 e. The summed E-state index contributed by atoms with van der Waals surface area (Å²) < 4.78 is 0. The minimum absolute atomic E-state index is 0.428. The normalized spacial score (nSPS) is 28.8. The van der Waals surface area contributed by atoms with Crippen molar-refractivity contribution in [3.8, 4) is 12.3 Å². The first-order chi connectivity index (χ1) is 8.88. The number of hydrogen-bond acceptors (Lipinski definition) is 2. The Morgan fingerprint density at radius 3 is 2.72 bits per heavy atom. The average Bonchev–Trinajstić information content (AvgIpc) is 3.24. The van der Waals surface area contributed by atoms with E-state index in [1.807, 2.05) is 0 Å². The van der Waals surface area contributed by atoms with Crippen molar-refractivity contribution >= 4 is 0 Å². The predicted octanol–water partition coefficient (Wildman–Crippen LogP) is 2.04. The van der Waals surface area contributed by atoms with E-state index in [1.165, 1.54) is 18.4 Å². The van der Waals surface area contributed by atoms with Gasteiger partial charge in [-0.25, -0.2) is 0 Å². The lowest BCUT2D eigenvalue weighted by molar-refractivity contribution is 0.139. The van der Waals surface area contributed by atoms with Gasteiger partial charge in [-0.3, -0.25) is 4.90 Å². The van der Waals surface area contributed by atoms with Crippen molar-refractivity contribution in [2.45, 2.75) is 24.9 Å². The monoisotopic (exact) mass is 240 g/mol. The van der Waals surface area contributed by atoms with Gasteiger partial charge in [0.05, 0.1) is 6.54 Å². The summed E-state index contributed by atoms with van der Waals surface area (Å²) in [5.74, 6) is 3.71. The molecule has 1 saturated carbocycles. The highest BCUT2D eigenvalue weighted by Crippen LogP contribution is 2.36. The van der Waals surface area contributed by atoms with E-state index in [2.05, 4.69) is 46.5 Å². The average molecular weight is 240 g/mol. The molecule has 2 unspecified atom stereocenters. The Morgan fingerprint density at radius 2 is 2.06 bits per heavy atom. The molecule has 1 aliphatic heterocycles. The summed E-state index contributed by atoms with van der Waals surface area (Å²) in [4.78, 5) is 2.45. The molecule has 0 aromatic heterocycles. The van der Waals surface area contributed by atoms with Gasteiger partial charge in [0.1, 0.15) is 0 Å². The van der Waals surface area contributed by atoms with Gasteiger partial charge in [0, 0.05) is 25.2 Å². The van der Waals surface area contributed by atoms with Gasteiger partial charge in [-0.2, -0.15) is 0 Å². The van der Waals surface area contributed by atoms with Gasteiger partial charge in [0.25, 0.3) is 0 Å². The SMILES string of the molecule is C#CCN1CC(C2CC2)NCC1c1ccccc1. The molecule has 1 aromatic rings. The number of benzene rings is 1. The number of terminal acetylenes is 1. The third-order valence-corrected chi connectivity index (χ3v) is 4.12. The molecule has 1 aromatic carbocycles. The lowest BCUT2D eigenvalue weighted by atomic mass is 9.99. The van der Waals surface area contributed by atoms with Gasteiger partial charge in [0.15, 0.2) is 0 Å². The van der Waals surface area contributed by atoms with E-state index in [4.69, 9.17) is 6.42 Å². The van der Waals surface area contributed by atoms with Crippen LogP contribution < -0.4 is 5.32 Å². The molecule has 1 N–H and O–H groups in total. The summed E-state index contributed by atoms with van der Waals surface area (Å²) in [6.07, 6.45) is 8.30. The maximum atomic E-state index is 5.52. The van der Waals surface area contributed by atoms with Gasteiger partial charge in [-0.05, 0) is 24.3 Å². The molecule has 1 heterocycles. The minimum atomic E-state index is 0.428. The highest BCUT2D eigenvalue weighted by Gasteiger charge is 2.37. The number of piperazine rings is 1. The lowest BCUT2D eigenvalue weighted by Gasteiger charge is -2.40. The Bertz CT molecular complexity index is 430. The van der Waals surface area contributed by atoms with Gasteiger partial charge in [0.2, 0.25) is 0 Å². The summed E-state index contributed by atoms with van der Waals surface area (Å²) >= 11 is 0. The first-order valence-corrected chi connectivity index (χ1v) is 6.84. The van der Waals surface area contributed by atoms with Crippen LogP contribution in [0.3, 0.4) is 0 Å². The zero-order chi connectivity index (χ0) is 12.4. The van der Waals surface area contributed by atoms with Crippen molar-refractivity contribution in [3.05, 3.63) is 35.9 Å². The lowest BCUT2D eigenvalue weighted by Crippen LogP contribution is -2.53. The third-order valence-electron chi connectivity index (χ3n) is 4.12. The van der Waals surface area contributed by atoms with E-state index in [1.54, 1.807) is 0 Å². The van der Waals surface area contributed by atoms with Crippen LogP contribution in [0.4, 0.5) is 0 Å². The molecule has 2 nitrogen and oxygen atoms in total. The van der Waals surface area contributed by atoms with Crippen molar-refractivity contribution in [3.63, 3.8) is 0 Å². The van der Waals surface area contributed by atoms with Crippen LogP contribution >= 0.6 is 0 Å². The van der Waals surface area contributed by atoms with Crippen LogP contribution in [0.5, 0.6) is 0 Å². The van der Waals surface area contributed by atoms with Crippen molar-refractivity contribution < 1.29 is 0 Å². The molecule has 0 spiro atoms. The van der Waals surface area contributed by atoms with Crippen molar-refractivity contribution in [2.24, 2.45) is 5.92 Å². The van der Waals surface area contributed by atoms with E-state index in [-0.39, 0.29) is 0 Å². The number of nitrogens with zero attached hydrogens (tertiary/aromatic N) is 1. The zero-order valence-corrected chi connectivity index (χ0v) is 10.7. The van der Waals surface area contributed by atoms with Crippen LogP contribution in [0.1, 0.15) is 24.4 Å². The maximum absolute atomic E-state index is 5.52. The largest absolute Gasteiger partial charge is 0.311 e. The third kappa shape index (κ3) is 2.43. The molecule has 1 aliphatic carbocycles. The van der Waals surface area contributed by atoms with Crippen LogP contribution in [-0.2, 0) is 0 Å². The fourth-order valence-electron chi connectivity index (χ4n) is 2.95. The molecule has 1 saturated heterocycles. The Hall–Kier alpha value is -1.30. The van der Waals surface area contributed by atoms with Crippen LogP contribution in [-0.4, -0.2) is 30.6 Å². The fraction of sp³-hybridized carbons (Fsp3) is 0.500. The van der Waals surface area contributed by atoms with Crippen molar-refractivity contribution in [2.75, 3.05) is 19.6 Å². The second kappa shape index (κ2) is 5.14. The topological polar surface area (TPSA) is 15.3 Å². The van der Waals surface area contributed by atoms with Crippen LogP contribution in [0.25, 0.3) is 0 Å². The first-order valence-electron chi connectivity index (χ1n) is 6.84. The molecule has 94 valence electrons. The van der Waals surface area contributed by atoms with Crippen LogP contribution in [0.15, 0.2) is 30.3 Å². The fourth-order valence-corrected chi connectivity index (χ4v) is 2.95. The molecule has 0 amide bonds. The molecule has 3 rings (SSSR count). The van der Waals surface area contributed by atoms with E-state index >= 15 is 0 Å². The number of rotatable bonds is 3. The van der Waals surface area contributed by atoms with Gasteiger partial charge in [-0.15, -0.1) is 6.42 Å². The molecule has 18 heavy (non-hydrogen) atoms. The summed E-state index contributed by atoms with van der Waals surface area (Å²) in [7, 11) is 0. The van der Waals surface area contributed by atoms with Crippen LogP contribution in [0, 0.1) is 18.3 Å². The summed E-state index contributed by atoms with van der Waals surface area (Å²) in [5.41, 5.74) is 1.37. The molecule has 0 bridgehead atoms. The smallest absolute Gasteiger partial charge is 0.0605 e. The first kappa shape index (κ1) is 11.8. The van der Waals surface area contributed by atoms with Gasteiger partial charge >= 0.3 is 0 Å². The molecule has 2 fully saturated rings.